The van der Waals surface area contributed by atoms with Gasteiger partial charge in [-0.2, -0.15) is 0 Å². The molecule has 1 aliphatic heterocycles. The number of hydrogen-bond donors (Lipinski definition) is 1. The lowest BCUT2D eigenvalue weighted by Gasteiger charge is -2.29. The topological polar surface area (TPSA) is 56.4 Å². The molecular weight excluding hydrogens is 376 g/mol. The summed E-state index contributed by atoms with van der Waals surface area (Å²) in [5, 5.41) is 0.680. The van der Waals surface area contributed by atoms with E-state index in [2.05, 4.69) is 9.97 Å². The Labute approximate surface area is 169 Å². The van der Waals surface area contributed by atoms with Crippen LogP contribution in [-0.2, 0) is 21.7 Å². The summed E-state index contributed by atoms with van der Waals surface area (Å²) >= 11 is 5.94. The molecule has 28 heavy (non-hydrogen) atoms. The van der Waals surface area contributed by atoms with Gasteiger partial charge in [-0.15, -0.1) is 0 Å². The van der Waals surface area contributed by atoms with E-state index in [9.17, 15) is 0 Å². The predicted molar refractivity (Wildman–Crippen MR) is 108 cm³/mol. The third kappa shape index (κ3) is 3.92. The van der Waals surface area contributed by atoms with Gasteiger partial charge >= 0.3 is 0 Å². The van der Waals surface area contributed by atoms with Crippen molar-refractivity contribution in [3.63, 3.8) is 0 Å². The third-order valence-corrected chi connectivity index (χ3v) is 5.03. The monoisotopic (exact) mass is 398 g/mol. The number of aromatic nitrogens is 2. The number of H-pyrrole nitrogens is 1. The zero-order valence-electron chi connectivity index (χ0n) is 16.2. The number of aryl methyl sites for hydroxylation is 2. The lowest BCUT2D eigenvalue weighted by atomic mass is 9.96. The Bertz CT molecular complexity index is 970. The van der Waals surface area contributed by atoms with Crippen molar-refractivity contribution < 1.29 is 14.2 Å². The van der Waals surface area contributed by atoms with Crippen molar-refractivity contribution in [2.24, 2.45) is 0 Å². The maximum atomic E-state index is 6.27. The fraction of sp³-hybridized carbons (Fsp3) is 0.318. The van der Waals surface area contributed by atoms with Crippen LogP contribution in [-0.4, -0.2) is 22.7 Å². The van der Waals surface area contributed by atoms with E-state index in [0.717, 1.165) is 34.1 Å². The van der Waals surface area contributed by atoms with E-state index in [0.29, 0.717) is 18.1 Å². The Hall–Kier alpha value is -2.34. The van der Waals surface area contributed by atoms with Gasteiger partial charge in [0.1, 0.15) is 17.3 Å². The van der Waals surface area contributed by atoms with E-state index in [4.69, 9.17) is 25.8 Å². The van der Waals surface area contributed by atoms with Gasteiger partial charge in [0.15, 0.2) is 0 Å². The molecule has 3 aromatic rings. The molecule has 5 nitrogen and oxygen atoms in total. The summed E-state index contributed by atoms with van der Waals surface area (Å²) in [7, 11) is 0. The van der Waals surface area contributed by atoms with Gasteiger partial charge in [0, 0.05) is 28.9 Å². The van der Waals surface area contributed by atoms with E-state index in [1.807, 2.05) is 57.3 Å². The molecule has 2 atom stereocenters. The Kier molecular flexibility index (Phi) is 5.15. The lowest BCUT2D eigenvalue weighted by Crippen LogP contribution is -2.31. The first-order valence-corrected chi connectivity index (χ1v) is 9.68. The highest BCUT2D eigenvalue weighted by atomic mass is 35.5. The summed E-state index contributed by atoms with van der Waals surface area (Å²) in [5.41, 5.74) is 3.01. The molecule has 0 saturated carbocycles. The highest BCUT2D eigenvalue weighted by Gasteiger charge is 2.43. The predicted octanol–water partition coefficient (Wildman–Crippen LogP) is 5.30. The minimum Gasteiger partial charge on any atom is -0.457 e. The number of aromatic amines is 1. The van der Waals surface area contributed by atoms with Crippen LogP contribution in [0, 0.1) is 13.8 Å². The number of nitrogens with one attached hydrogen (secondary N) is 1. The molecule has 6 heteroatoms. The quantitative estimate of drug-likeness (QED) is 0.633. The van der Waals surface area contributed by atoms with Crippen LogP contribution in [0.1, 0.15) is 29.6 Å². The minimum absolute atomic E-state index is 0.0217. The number of halogens is 1. The van der Waals surface area contributed by atoms with Crippen LogP contribution in [0.15, 0.2) is 48.7 Å². The molecule has 1 saturated heterocycles. The first-order valence-electron chi connectivity index (χ1n) is 9.30. The molecule has 1 aromatic heterocycles. The van der Waals surface area contributed by atoms with E-state index >= 15 is 0 Å². The second kappa shape index (κ2) is 7.59. The minimum atomic E-state index is -0.832. The smallest absolute Gasteiger partial charge is 0.201 e. The SMILES string of the molecule is Cc1ncc(CC2(c3ccc(Oc4ccc(Cl)cc4)cc3C)OCC(C)O2)[nH]1. The second-order valence-electron chi connectivity index (χ2n) is 7.20. The van der Waals surface area contributed by atoms with Gasteiger partial charge in [0.2, 0.25) is 5.79 Å². The number of benzene rings is 2. The van der Waals surface area contributed by atoms with Crippen molar-refractivity contribution >= 4 is 11.6 Å². The molecule has 0 spiro atoms. The van der Waals surface area contributed by atoms with Crippen LogP contribution in [0.5, 0.6) is 11.5 Å². The Balaban J connectivity index is 1.62. The second-order valence-corrected chi connectivity index (χ2v) is 7.63. The molecule has 4 rings (SSSR count). The average molecular weight is 399 g/mol. The summed E-state index contributed by atoms with van der Waals surface area (Å²) in [6.45, 7) is 6.55. The maximum Gasteiger partial charge on any atom is 0.201 e. The molecule has 2 heterocycles. The van der Waals surface area contributed by atoms with Crippen molar-refractivity contribution in [1.29, 1.82) is 0 Å². The van der Waals surface area contributed by atoms with Gasteiger partial charge in [-0.1, -0.05) is 11.6 Å². The molecule has 0 radical (unpaired) electrons. The van der Waals surface area contributed by atoms with Gasteiger partial charge in [0.05, 0.1) is 12.7 Å². The third-order valence-electron chi connectivity index (χ3n) is 4.78. The van der Waals surface area contributed by atoms with Gasteiger partial charge in [-0.3, -0.25) is 0 Å². The summed E-state index contributed by atoms with van der Waals surface area (Å²) in [5.74, 6) is 1.53. The fourth-order valence-corrected chi connectivity index (χ4v) is 3.68. The molecular formula is C22H23ClN2O3. The van der Waals surface area contributed by atoms with Gasteiger partial charge in [-0.25, -0.2) is 4.98 Å². The standard InChI is InChI=1S/C22H23ClN2O3/c1-14-10-20(27-19-6-4-17(23)5-7-19)8-9-21(14)22(26-13-15(2)28-22)11-18-12-24-16(3)25-18/h4-10,12,15H,11,13H2,1-3H3,(H,24,25). The van der Waals surface area contributed by atoms with Crippen molar-refractivity contribution in [3.05, 3.63) is 76.3 Å². The molecule has 2 unspecified atom stereocenters. The van der Waals surface area contributed by atoms with Crippen LogP contribution in [0.25, 0.3) is 0 Å². The van der Waals surface area contributed by atoms with Crippen molar-refractivity contribution in [3.8, 4) is 11.5 Å². The molecule has 2 aromatic carbocycles. The normalized spacial score (nSPS) is 21.8. The lowest BCUT2D eigenvalue weighted by molar-refractivity contribution is -0.175. The molecule has 0 amide bonds. The van der Waals surface area contributed by atoms with Crippen LogP contribution < -0.4 is 4.74 Å². The van der Waals surface area contributed by atoms with Crippen molar-refractivity contribution in [2.45, 2.75) is 39.1 Å². The van der Waals surface area contributed by atoms with E-state index in [1.165, 1.54) is 0 Å². The molecule has 146 valence electrons. The summed E-state index contributed by atoms with van der Waals surface area (Å²) in [6, 6.07) is 13.3. The van der Waals surface area contributed by atoms with Crippen LogP contribution >= 0.6 is 11.6 Å². The van der Waals surface area contributed by atoms with Gasteiger partial charge in [0.25, 0.3) is 0 Å². The molecule has 0 bridgehead atoms. The number of ether oxygens (including phenoxy) is 3. The molecule has 1 fully saturated rings. The highest BCUT2D eigenvalue weighted by Crippen LogP contribution is 2.40. The Morgan fingerprint density at radius 2 is 1.93 bits per heavy atom. The van der Waals surface area contributed by atoms with E-state index < -0.39 is 5.79 Å². The number of nitrogens with zero attached hydrogens (tertiary/aromatic N) is 1. The van der Waals surface area contributed by atoms with Gasteiger partial charge in [-0.05, 0) is 68.8 Å². The number of hydrogen-bond acceptors (Lipinski definition) is 4. The average Bonchev–Trinajstić information content (AvgIpc) is 3.23. The Morgan fingerprint density at radius 3 is 2.54 bits per heavy atom. The summed E-state index contributed by atoms with van der Waals surface area (Å²) in [6.07, 6.45) is 2.42. The molecule has 0 aliphatic carbocycles. The largest absolute Gasteiger partial charge is 0.457 e. The van der Waals surface area contributed by atoms with Crippen molar-refractivity contribution in [2.75, 3.05) is 6.61 Å². The van der Waals surface area contributed by atoms with Crippen molar-refractivity contribution in [1.82, 2.24) is 9.97 Å². The maximum absolute atomic E-state index is 6.27. The number of imidazole rings is 1. The fourth-order valence-electron chi connectivity index (χ4n) is 3.55. The zero-order valence-corrected chi connectivity index (χ0v) is 16.9. The first-order chi connectivity index (χ1) is 13.4. The number of rotatable bonds is 5. The summed E-state index contributed by atoms with van der Waals surface area (Å²) < 4.78 is 18.4. The van der Waals surface area contributed by atoms with E-state index in [1.54, 1.807) is 12.1 Å². The Morgan fingerprint density at radius 1 is 1.18 bits per heavy atom. The van der Waals surface area contributed by atoms with E-state index in [-0.39, 0.29) is 6.10 Å². The van der Waals surface area contributed by atoms with Crippen LogP contribution in [0.2, 0.25) is 5.02 Å². The van der Waals surface area contributed by atoms with Crippen LogP contribution in [0.4, 0.5) is 0 Å². The molecule has 1 aliphatic rings. The highest BCUT2D eigenvalue weighted by molar-refractivity contribution is 6.30. The zero-order chi connectivity index (χ0) is 19.7. The first kappa shape index (κ1) is 19.0. The van der Waals surface area contributed by atoms with Gasteiger partial charge < -0.3 is 19.2 Å². The summed E-state index contributed by atoms with van der Waals surface area (Å²) in [4.78, 5) is 7.57. The van der Waals surface area contributed by atoms with Crippen LogP contribution in [0.3, 0.4) is 0 Å². The molecule has 1 N–H and O–H groups in total.